The van der Waals surface area contributed by atoms with E-state index in [0.717, 1.165) is 6.42 Å². The van der Waals surface area contributed by atoms with E-state index in [1.54, 1.807) is 19.3 Å². The van der Waals surface area contributed by atoms with Gasteiger partial charge in [-0.3, -0.25) is 4.79 Å². The summed E-state index contributed by atoms with van der Waals surface area (Å²) in [6.45, 7) is 2.73. The maximum atomic E-state index is 12.4. The van der Waals surface area contributed by atoms with Crippen LogP contribution in [0.1, 0.15) is 44.8 Å². The zero-order valence-corrected chi connectivity index (χ0v) is 18.9. The topological polar surface area (TPSA) is 117 Å². The highest BCUT2D eigenvalue weighted by molar-refractivity contribution is 5.87. The highest BCUT2D eigenvalue weighted by Crippen LogP contribution is 2.34. The van der Waals surface area contributed by atoms with Crippen LogP contribution >= 0.6 is 0 Å². The van der Waals surface area contributed by atoms with Crippen molar-refractivity contribution in [1.29, 1.82) is 0 Å². The lowest BCUT2D eigenvalue weighted by Crippen LogP contribution is -2.35. The number of nitrogens with zero attached hydrogens (tertiary/aromatic N) is 5. The van der Waals surface area contributed by atoms with Crippen LogP contribution in [0.3, 0.4) is 0 Å². The number of pyridine rings is 1. The summed E-state index contributed by atoms with van der Waals surface area (Å²) < 4.78 is 5.36. The summed E-state index contributed by atoms with van der Waals surface area (Å²) in [7, 11) is 1.66. The number of nitrogens with one attached hydrogen (secondary N) is 1. The average molecular weight is 449 g/mol. The zero-order valence-electron chi connectivity index (χ0n) is 18.9. The number of anilines is 1. The Hall–Kier alpha value is -3.33. The number of hydrogen-bond donors (Lipinski definition) is 2. The molecule has 0 bridgehead atoms. The van der Waals surface area contributed by atoms with Gasteiger partial charge in [-0.25, -0.2) is 15.0 Å². The molecule has 5 rings (SSSR count). The molecule has 0 radical (unpaired) electrons. The zero-order chi connectivity index (χ0) is 23.0. The first kappa shape index (κ1) is 21.5. The highest BCUT2D eigenvalue weighted by Gasteiger charge is 2.48. The van der Waals surface area contributed by atoms with Crippen molar-refractivity contribution in [3.63, 3.8) is 0 Å². The summed E-state index contributed by atoms with van der Waals surface area (Å²) in [6, 6.07) is 9.34. The van der Waals surface area contributed by atoms with Crippen LogP contribution in [0.2, 0.25) is 0 Å². The predicted octanol–water partition coefficient (Wildman–Crippen LogP) is 3.23. The Morgan fingerprint density at radius 1 is 1.12 bits per heavy atom. The summed E-state index contributed by atoms with van der Waals surface area (Å²) in [4.78, 5) is 27.6. The van der Waals surface area contributed by atoms with Crippen molar-refractivity contribution in [2.45, 2.75) is 50.7 Å². The van der Waals surface area contributed by atoms with Crippen LogP contribution in [-0.4, -0.2) is 55.7 Å². The van der Waals surface area contributed by atoms with E-state index in [1.807, 2.05) is 24.3 Å². The SMILES string of the molecule is CC1CCCCC1Nc1nccc(-c2cccc(-c3cc([C@]4(O)CCN(C)C4=O)on3)n2)n1. The molecule has 2 aliphatic rings. The van der Waals surface area contributed by atoms with Crippen LogP contribution in [0.5, 0.6) is 0 Å². The molecule has 33 heavy (non-hydrogen) atoms. The number of aliphatic hydroxyl groups is 1. The minimum atomic E-state index is -1.68. The van der Waals surface area contributed by atoms with Crippen molar-refractivity contribution >= 4 is 11.9 Å². The van der Waals surface area contributed by atoms with Gasteiger partial charge in [0.25, 0.3) is 5.91 Å². The molecule has 3 aromatic rings. The van der Waals surface area contributed by atoms with Crippen LogP contribution in [0.4, 0.5) is 5.95 Å². The lowest BCUT2D eigenvalue weighted by atomic mass is 9.86. The molecule has 1 saturated carbocycles. The molecule has 1 saturated heterocycles. The molecule has 0 aromatic carbocycles. The van der Waals surface area contributed by atoms with E-state index in [0.29, 0.717) is 47.2 Å². The smallest absolute Gasteiger partial charge is 0.262 e. The number of hydrogen-bond acceptors (Lipinski definition) is 8. The number of likely N-dealkylation sites (N-methyl/N-ethyl adjacent to an activating group) is 1. The fraction of sp³-hybridized carbons (Fsp3) is 0.458. The second-order valence-electron chi connectivity index (χ2n) is 9.10. The Bertz CT molecular complexity index is 1160. The Morgan fingerprint density at radius 3 is 2.64 bits per heavy atom. The number of carbonyl (C=O) groups excluding carboxylic acids is 1. The molecule has 2 fully saturated rings. The van der Waals surface area contributed by atoms with Gasteiger partial charge in [0.15, 0.2) is 5.76 Å². The fourth-order valence-electron chi connectivity index (χ4n) is 4.66. The lowest BCUT2D eigenvalue weighted by Gasteiger charge is -2.29. The molecule has 1 aliphatic heterocycles. The second kappa shape index (κ2) is 8.55. The van der Waals surface area contributed by atoms with Gasteiger partial charge >= 0.3 is 0 Å². The normalized spacial score (nSPS) is 25.4. The summed E-state index contributed by atoms with van der Waals surface area (Å²) >= 11 is 0. The average Bonchev–Trinajstić information content (AvgIpc) is 3.43. The Labute approximate surface area is 192 Å². The third-order valence-electron chi connectivity index (χ3n) is 6.78. The van der Waals surface area contributed by atoms with Gasteiger partial charge in [-0.15, -0.1) is 0 Å². The van der Waals surface area contributed by atoms with Crippen LogP contribution in [-0.2, 0) is 10.4 Å². The second-order valence-corrected chi connectivity index (χ2v) is 9.10. The number of likely N-dealkylation sites (tertiary alicyclic amines) is 1. The maximum Gasteiger partial charge on any atom is 0.262 e. The standard InChI is InChI=1S/C24H28N6O3/c1-15-6-3-4-7-16(15)27-23-25-12-10-19(28-23)17-8-5-9-18(26-17)20-14-21(33-29-20)24(32)11-13-30(2)22(24)31/h5,8-10,12,14-16,32H,3-4,6-7,11,13H2,1-2H3,(H,25,27,28)/t15?,16?,24-/m1/s1. The predicted molar refractivity (Wildman–Crippen MR) is 122 cm³/mol. The van der Waals surface area contributed by atoms with Crippen LogP contribution in [0, 0.1) is 5.92 Å². The molecule has 9 nitrogen and oxygen atoms in total. The molecular weight excluding hydrogens is 420 g/mol. The summed E-state index contributed by atoms with van der Waals surface area (Å²) in [5.41, 5.74) is 0.716. The van der Waals surface area contributed by atoms with Crippen molar-refractivity contribution in [2.75, 3.05) is 18.9 Å². The van der Waals surface area contributed by atoms with Crippen molar-refractivity contribution in [3.05, 3.63) is 42.3 Å². The number of rotatable bonds is 5. The molecule has 1 aliphatic carbocycles. The number of carbonyl (C=O) groups is 1. The highest BCUT2D eigenvalue weighted by atomic mass is 16.5. The first-order valence-corrected chi connectivity index (χ1v) is 11.5. The van der Waals surface area contributed by atoms with E-state index in [2.05, 4.69) is 27.4 Å². The summed E-state index contributed by atoms with van der Waals surface area (Å²) in [5.74, 6) is 0.942. The van der Waals surface area contributed by atoms with Crippen LogP contribution in [0.25, 0.3) is 22.8 Å². The maximum absolute atomic E-state index is 12.4. The van der Waals surface area contributed by atoms with Crippen molar-refractivity contribution < 1.29 is 14.4 Å². The molecule has 4 heterocycles. The Balaban J connectivity index is 1.38. The van der Waals surface area contributed by atoms with E-state index in [4.69, 9.17) is 9.51 Å². The molecule has 2 N–H and O–H groups in total. The van der Waals surface area contributed by atoms with Gasteiger partial charge in [-0.1, -0.05) is 31.0 Å². The van der Waals surface area contributed by atoms with Gasteiger partial charge in [0.05, 0.1) is 17.1 Å². The third kappa shape index (κ3) is 4.08. The third-order valence-corrected chi connectivity index (χ3v) is 6.78. The van der Waals surface area contributed by atoms with Gasteiger partial charge in [0.1, 0.15) is 5.69 Å². The Kier molecular flexibility index (Phi) is 5.57. The minimum Gasteiger partial charge on any atom is -0.373 e. The van der Waals surface area contributed by atoms with E-state index < -0.39 is 5.60 Å². The van der Waals surface area contributed by atoms with Gasteiger partial charge in [-0.05, 0) is 37.0 Å². The molecule has 0 spiro atoms. The van der Waals surface area contributed by atoms with Crippen molar-refractivity contribution in [3.8, 4) is 22.8 Å². The molecular formula is C24H28N6O3. The van der Waals surface area contributed by atoms with Gasteiger partial charge < -0.3 is 19.8 Å². The number of amides is 1. The quantitative estimate of drug-likeness (QED) is 0.611. The molecule has 3 atom stereocenters. The molecule has 1 amide bonds. The summed E-state index contributed by atoms with van der Waals surface area (Å²) in [6.07, 6.45) is 6.85. The van der Waals surface area contributed by atoms with Crippen molar-refractivity contribution in [1.82, 2.24) is 25.0 Å². The molecule has 2 unspecified atom stereocenters. The van der Waals surface area contributed by atoms with E-state index in [-0.39, 0.29) is 18.1 Å². The first-order chi connectivity index (χ1) is 15.9. The number of aromatic nitrogens is 4. The van der Waals surface area contributed by atoms with Gasteiger partial charge in [0.2, 0.25) is 11.5 Å². The summed E-state index contributed by atoms with van der Waals surface area (Å²) in [5, 5.41) is 18.4. The van der Waals surface area contributed by atoms with Crippen LogP contribution in [0.15, 0.2) is 41.1 Å². The molecule has 9 heteroatoms. The Morgan fingerprint density at radius 2 is 1.88 bits per heavy atom. The minimum absolute atomic E-state index is 0.133. The first-order valence-electron chi connectivity index (χ1n) is 11.5. The van der Waals surface area contributed by atoms with Crippen LogP contribution < -0.4 is 5.32 Å². The molecule has 3 aromatic heterocycles. The molecule has 172 valence electrons. The van der Waals surface area contributed by atoms with E-state index in [9.17, 15) is 9.90 Å². The monoisotopic (exact) mass is 448 g/mol. The van der Waals surface area contributed by atoms with E-state index >= 15 is 0 Å². The van der Waals surface area contributed by atoms with Gasteiger partial charge in [-0.2, -0.15) is 0 Å². The largest absolute Gasteiger partial charge is 0.373 e. The van der Waals surface area contributed by atoms with E-state index in [1.165, 1.54) is 24.2 Å². The van der Waals surface area contributed by atoms with Gasteiger partial charge in [0, 0.05) is 38.3 Å². The lowest BCUT2D eigenvalue weighted by molar-refractivity contribution is -0.144. The van der Waals surface area contributed by atoms with Crippen molar-refractivity contribution in [2.24, 2.45) is 5.92 Å². The fourth-order valence-corrected chi connectivity index (χ4v) is 4.66.